The van der Waals surface area contributed by atoms with Crippen molar-refractivity contribution >= 4 is 5.91 Å². The Morgan fingerprint density at radius 3 is 2.71 bits per heavy atom. The van der Waals surface area contributed by atoms with Gasteiger partial charge < -0.3 is 4.90 Å². The van der Waals surface area contributed by atoms with Crippen LogP contribution in [0.15, 0.2) is 18.2 Å². The molecule has 0 unspecified atom stereocenters. The molecule has 0 spiro atoms. The lowest BCUT2D eigenvalue weighted by molar-refractivity contribution is -0.134. The first kappa shape index (κ1) is 14.5. The molecule has 4 heteroatoms. The Labute approximate surface area is 124 Å². The number of piperidine rings is 1. The maximum atomic E-state index is 13.2. The van der Waals surface area contributed by atoms with Crippen molar-refractivity contribution in [3.05, 3.63) is 35.4 Å². The van der Waals surface area contributed by atoms with Crippen molar-refractivity contribution in [1.29, 1.82) is 0 Å². The van der Waals surface area contributed by atoms with Gasteiger partial charge in [-0.3, -0.25) is 4.79 Å². The van der Waals surface area contributed by atoms with Crippen LogP contribution < -0.4 is 0 Å². The first-order valence-corrected chi connectivity index (χ1v) is 7.86. The summed E-state index contributed by atoms with van der Waals surface area (Å²) in [5, 5.41) is 0. The number of amides is 1. The topological polar surface area (TPSA) is 20.3 Å². The maximum absolute atomic E-state index is 13.2. The summed E-state index contributed by atoms with van der Waals surface area (Å²) in [7, 11) is 0. The van der Waals surface area contributed by atoms with E-state index in [9.17, 15) is 13.6 Å². The van der Waals surface area contributed by atoms with Gasteiger partial charge in [-0.15, -0.1) is 0 Å². The molecule has 2 aliphatic rings. The molecule has 3 rings (SSSR count). The number of carbonyl (C=O) groups excluding carboxylic acids is 1. The fourth-order valence-corrected chi connectivity index (χ4v) is 3.16. The van der Waals surface area contributed by atoms with Gasteiger partial charge in [-0.1, -0.05) is 6.07 Å². The van der Waals surface area contributed by atoms with Crippen molar-refractivity contribution < 1.29 is 13.6 Å². The second kappa shape index (κ2) is 6.12. The minimum atomic E-state index is -0.794. The fraction of sp³-hybridized carbons (Fsp3) is 0.588. The molecule has 1 aromatic carbocycles. The Bertz CT molecular complexity index is 528. The van der Waals surface area contributed by atoms with Crippen molar-refractivity contribution in [2.45, 2.75) is 38.5 Å². The highest BCUT2D eigenvalue weighted by Gasteiger charge is 2.35. The average molecular weight is 293 g/mol. The Hall–Kier alpha value is -1.45. The van der Waals surface area contributed by atoms with E-state index < -0.39 is 11.6 Å². The van der Waals surface area contributed by atoms with Gasteiger partial charge in [0.1, 0.15) is 0 Å². The minimum absolute atomic E-state index is 0.287. The second-order valence-corrected chi connectivity index (χ2v) is 6.35. The van der Waals surface area contributed by atoms with Gasteiger partial charge in [0.2, 0.25) is 5.91 Å². The van der Waals surface area contributed by atoms with E-state index in [4.69, 9.17) is 0 Å². The predicted octanol–water partition coefficient (Wildman–Crippen LogP) is 3.55. The standard InChI is InChI=1S/C17H21F2NO/c18-15-8-5-12(10-16(15)19)3-4-13-2-1-9-20(11-13)17(21)14-6-7-14/h5,8,10,13-14H,1-4,6-7,9,11H2/t13-/m1/s1. The minimum Gasteiger partial charge on any atom is -0.342 e. The third kappa shape index (κ3) is 3.60. The Kier molecular flexibility index (Phi) is 4.22. The Morgan fingerprint density at radius 1 is 1.19 bits per heavy atom. The van der Waals surface area contributed by atoms with E-state index >= 15 is 0 Å². The number of nitrogens with zero attached hydrogens (tertiary/aromatic N) is 1. The molecule has 2 fully saturated rings. The van der Waals surface area contributed by atoms with Gasteiger partial charge in [0.25, 0.3) is 0 Å². The van der Waals surface area contributed by atoms with Crippen molar-refractivity contribution in [2.75, 3.05) is 13.1 Å². The van der Waals surface area contributed by atoms with E-state index in [1.807, 2.05) is 4.90 Å². The Balaban J connectivity index is 1.52. The number of benzene rings is 1. The van der Waals surface area contributed by atoms with E-state index in [1.54, 1.807) is 6.07 Å². The molecule has 0 N–H and O–H groups in total. The molecule has 1 heterocycles. The molecule has 2 nitrogen and oxygen atoms in total. The first-order chi connectivity index (χ1) is 10.1. The maximum Gasteiger partial charge on any atom is 0.225 e. The highest BCUT2D eigenvalue weighted by molar-refractivity contribution is 5.81. The number of likely N-dealkylation sites (tertiary alicyclic amines) is 1. The van der Waals surface area contributed by atoms with Crippen LogP contribution in [0.2, 0.25) is 0 Å². The van der Waals surface area contributed by atoms with Crippen LogP contribution in [0.4, 0.5) is 8.78 Å². The number of halogens is 2. The lowest BCUT2D eigenvalue weighted by Crippen LogP contribution is -2.40. The highest BCUT2D eigenvalue weighted by Crippen LogP contribution is 2.33. The number of rotatable bonds is 4. The molecule has 1 aliphatic carbocycles. The van der Waals surface area contributed by atoms with Crippen LogP contribution in [0.25, 0.3) is 0 Å². The zero-order valence-corrected chi connectivity index (χ0v) is 12.2. The SMILES string of the molecule is O=C(C1CC1)N1CCC[C@H](CCc2ccc(F)c(F)c2)C1. The lowest BCUT2D eigenvalue weighted by atomic mass is 9.91. The van der Waals surface area contributed by atoms with Gasteiger partial charge in [0, 0.05) is 19.0 Å². The zero-order chi connectivity index (χ0) is 14.8. The molecule has 21 heavy (non-hydrogen) atoms. The third-order valence-electron chi connectivity index (χ3n) is 4.58. The quantitative estimate of drug-likeness (QED) is 0.831. The number of hydrogen-bond acceptors (Lipinski definition) is 1. The largest absolute Gasteiger partial charge is 0.342 e. The number of hydrogen-bond donors (Lipinski definition) is 0. The van der Waals surface area contributed by atoms with Crippen LogP contribution in [0, 0.1) is 23.5 Å². The van der Waals surface area contributed by atoms with Gasteiger partial charge in [-0.25, -0.2) is 8.78 Å². The van der Waals surface area contributed by atoms with Crippen LogP contribution in [0.5, 0.6) is 0 Å². The van der Waals surface area contributed by atoms with Crippen molar-refractivity contribution in [3.8, 4) is 0 Å². The summed E-state index contributed by atoms with van der Waals surface area (Å²) in [6.45, 7) is 1.72. The van der Waals surface area contributed by atoms with Crippen LogP contribution in [-0.4, -0.2) is 23.9 Å². The van der Waals surface area contributed by atoms with E-state index in [0.717, 1.165) is 57.2 Å². The molecule has 1 atom stereocenters. The van der Waals surface area contributed by atoms with Crippen LogP contribution in [0.3, 0.4) is 0 Å². The molecule has 114 valence electrons. The molecule has 1 amide bonds. The molecule has 0 radical (unpaired) electrons. The second-order valence-electron chi connectivity index (χ2n) is 6.35. The van der Waals surface area contributed by atoms with E-state index in [0.29, 0.717) is 11.8 Å². The smallest absolute Gasteiger partial charge is 0.225 e. The lowest BCUT2D eigenvalue weighted by Gasteiger charge is -2.33. The van der Waals surface area contributed by atoms with E-state index in [2.05, 4.69) is 0 Å². The molecule has 0 bridgehead atoms. The van der Waals surface area contributed by atoms with E-state index in [1.165, 1.54) is 12.1 Å². The average Bonchev–Trinajstić information content (AvgIpc) is 3.33. The van der Waals surface area contributed by atoms with Gasteiger partial charge in [0.15, 0.2) is 11.6 Å². The number of aryl methyl sites for hydroxylation is 1. The molecular formula is C17H21F2NO. The normalized spacial score (nSPS) is 22.4. The molecule has 0 aromatic heterocycles. The summed E-state index contributed by atoms with van der Waals surface area (Å²) in [5.74, 6) is -0.476. The predicted molar refractivity (Wildman–Crippen MR) is 76.7 cm³/mol. The van der Waals surface area contributed by atoms with Gasteiger partial charge >= 0.3 is 0 Å². The summed E-state index contributed by atoms with van der Waals surface area (Å²) in [6, 6.07) is 4.12. The zero-order valence-electron chi connectivity index (χ0n) is 12.2. The summed E-state index contributed by atoms with van der Waals surface area (Å²) in [5.41, 5.74) is 0.833. The molecule has 1 aliphatic heterocycles. The fourth-order valence-electron chi connectivity index (χ4n) is 3.16. The molecule has 1 saturated heterocycles. The summed E-state index contributed by atoms with van der Waals surface area (Å²) in [6.07, 6.45) is 5.95. The molecule has 1 aromatic rings. The van der Waals surface area contributed by atoms with Gasteiger partial charge in [-0.05, 0) is 62.1 Å². The van der Waals surface area contributed by atoms with E-state index in [-0.39, 0.29) is 5.92 Å². The monoisotopic (exact) mass is 293 g/mol. The molecule has 1 saturated carbocycles. The first-order valence-electron chi connectivity index (χ1n) is 7.86. The number of carbonyl (C=O) groups is 1. The van der Waals surface area contributed by atoms with Crippen molar-refractivity contribution in [2.24, 2.45) is 11.8 Å². The van der Waals surface area contributed by atoms with Crippen LogP contribution in [0.1, 0.15) is 37.7 Å². The highest BCUT2D eigenvalue weighted by atomic mass is 19.2. The van der Waals surface area contributed by atoms with Crippen molar-refractivity contribution in [3.63, 3.8) is 0 Å². The Morgan fingerprint density at radius 2 is 2.00 bits per heavy atom. The summed E-state index contributed by atoms with van der Waals surface area (Å²) >= 11 is 0. The van der Waals surface area contributed by atoms with Gasteiger partial charge in [-0.2, -0.15) is 0 Å². The molecular weight excluding hydrogens is 272 g/mol. The van der Waals surface area contributed by atoms with Crippen molar-refractivity contribution in [1.82, 2.24) is 4.90 Å². The summed E-state index contributed by atoms with van der Waals surface area (Å²) < 4.78 is 26.1. The van der Waals surface area contributed by atoms with Crippen LogP contribution >= 0.6 is 0 Å². The summed E-state index contributed by atoms with van der Waals surface area (Å²) in [4.78, 5) is 14.1. The third-order valence-corrected chi connectivity index (χ3v) is 4.58. The van der Waals surface area contributed by atoms with Gasteiger partial charge in [0.05, 0.1) is 0 Å². The van der Waals surface area contributed by atoms with Crippen LogP contribution in [-0.2, 0) is 11.2 Å².